The Hall–Kier alpha value is -3.72. The van der Waals surface area contributed by atoms with Gasteiger partial charge in [-0.1, -0.05) is 12.1 Å². The SMILES string of the molecule is CS(=O)(=O)Nc1cccc(-c2cnc3[nH]cc(C(=O)c4cc(O)ccc4F)c3c2)c1. The number of phenolic OH excluding ortho intramolecular Hbond substituents is 1. The van der Waals surface area contributed by atoms with Crippen molar-refractivity contribution in [3.05, 3.63) is 77.9 Å². The first kappa shape index (κ1) is 19.6. The fourth-order valence-corrected chi connectivity index (χ4v) is 3.71. The van der Waals surface area contributed by atoms with Crippen LogP contribution in [-0.2, 0) is 10.0 Å². The van der Waals surface area contributed by atoms with Gasteiger partial charge in [0.25, 0.3) is 0 Å². The molecule has 9 heteroatoms. The highest BCUT2D eigenvalue weighted by Gasteiger charge is 2.19. The fraction of sp³-hybridized carbons (Fsp3) is 0.0476. The molecule has 0 atom stereocenters. The zero-order valence-corrected chi connectivity index (χ0v) is 16.5. The molecule has 2 aromatic carbocycles. The van der Waals surface area contributed by atoms with E-state index in [1.807, 2.05) is 0 Å². The van der Waals surface area contributed by atoms with Crippen molar-refractivity contribution in [1.82, 2.24) is 9.97 Å². The third kappa shape index (κ3) is 3.87. The average molecular weight is 425 g/mol. The van der Waals surface area contributed by atoms with Crippen LogP contribution in [-0.4, -0.2) is 35.5 Å². The number of fused-ring (bicyclic) bond motifs is 1. The van der Waals surface area contributed by atoms with E-state index in [1.54, 1.807) is 36.5 Å². The number of aromatic amines is 1. The first-order valence-electron chi connectivity index (χ1n) is 8.80. The zero-order chi connectivity index (χ0) is 21.5. The smallest absolute Gasteiger partial charge is 0.229 e. The van der Waals surface area contributed by atoms with Gasteiger partial charge in [-0.3, -0.25) is 9.52 Å². The van der Waals surface area contributed by atoms with Crippen molar-refractivity contribution in [3.8, 4) is 16.9 Å². The summed E-state index contributed by atoms with van der Waals surface area (Å²) in [6.45, 7) is 0. The molecule has 2 aromatic heterocycles. The van der Waals surface area contributed by atoms with Crippen LogP contribution in [0.15, 0.2) is 60.9 Å². The number of ketones is 1. The number of sulfonamides is 1. The zero-order valence-electron chi connectivity index (χ0n) is 15.7. The molecule has 0 aliphatic rings. The molecule has 0 aliphatic carbocycles. The molecule has 7 nitrogen and oxygen atoms in total. The lowest BCUT2D eigenvalue weighted by Crippen LogP contribution is -2.09. The molecule has 3 N–H and O–H groups in total. The summed E-state index contributed by atoms with van der Waals surface area (Å²) in [7, 11) is -3.43. The van der Waals surface area contributed by atoms with Crippen LogP contribution in [0.2, 0.25) is 0 Å². The van der Waals surface area contributed by atoms with Crippen LogP contribution in [0.3, 0.4) is 0 Å². The molecular formula is C21H16FN3O4S. The number of hydrogen-bond acceptors (Lipinski definition) is 5. The molecule has 0 fully saturated rings. The third-order valence-electron chi connectivity index (χ3n) is 4.47. The summed E-state index contributed by atoms with van der Waals surface area (Å²) in [5.41, 5.74) is 2.11. The first-order valence-corrected chi connectivity index (χ1v) is 10.7. The summed E-state index contributed by atoms with van der Waals surface area (Å²) >= 11 is 0. The number of carbonyl (C=O) groups is 1. The Bertz CT molecular complexity index is 1400. The van der Waals surface area contributed by atoms with Crippen LogP contribution in [0.1, 0.15) is 15.9 Å². The summed E-state index contributed by atoms with van der Waals surface area (Å²) in [5, 5.41) is 10.1. The summed E-state index contributed by atoms with van der Waals surface area (Å²) in [6.07, 6.45) is 4.09. The number of carbonyl (C=O) groups excluding carboxylic acids is 1. The van der Waals surface area contributed by atoms with Crippen LogP contribution in [0.4, 0.5) is 10.1 Å². The number of hydrogen-bond donors (Lipinski definition) is 3. The molecule has 0 radical (unpaired) electrons. The number of aromatic hydroxyl groups is 1. The van der Waals surface area contributed by atoms with Crippen molar-refractivity contribution in [2.75, 3.05) is 11.0 Å². The molecule has 0 bridgehead atoms. The van der Waals surface area contributed by atoms with Crippen molar-refractivity contribution < 1.29 is 22.7 Å². The lowest BCUT2D eigenvalue weighted by molar-refractivity contribution is 0.103. The summed E-state index contributed by atoms with van der Waals surface area (Å²) in [4.78, 5) is 20.1. The van der Waals surface area contributed by atoms with E-state index in [0.717, 1.165) is 18.4 Å². The minimum atomic E-state index is -3.43. The van der Waals surface area contributed by atoms with Gasteiger partial charge in [0.1, 0.15) is 17.2 Å². The highest BCUT2D eigenvalue weighted by Crippen LogP contribution is 2.29. The van der Waals surface area contributed by atoms with Gasteiger partial charge in [0.05, 0.1) is 11.8 Å². The van der Waals surface area contributed by atoms with Gasteiger partial charge in [-0.2, -0.15) is 0 Å². The van der Waals surface area contributed by atoms with E-state index < -0.39 is 21.6 Å². The molecule has 2 heterocycles. The second kappa shape index (κ2) is 7.27. The molecule has 30 heavy (non-hydrogen) atoms. The normalized spacial score (nSPS) is 11.5. The maximum Gasteiger partial charge on any atom is 0.229 e. The number of H-pyrrole nitrogens is 1. The predicted molar refractivity (Wildman–Crippen MR) is 111 cm³/mol. The largest absolute Gasteiger partial charge is 0.508 e. The standard InChI is InChI=1S/C21H16FN3O4S/c1-30(28,29)25-14-4-2-3-12(7-14)13-8-16-18(11-24-21(16)23-10-13)20(27)17-9-15(26)5-6-19(17)22/h2-11,25-26H,1H3,(H,23,24). The molecule has 0 saturated carbocycles. The molecule has 0 aliphatic heterocycles. The number of benzene rings is 2. The Morgan fingerprint density at radius 2 is 1.90 bits per heavy atom. The predicted octanol–water partition coefficient (Wildman–Crippen LogP) is 3.68. The number of nitrogens with zero attached hydrogens (tertiary/aromatic N) is 1. The number of rotatable bonds is 5. The van der Waals surface area contributed by atoms with Crippen LogP contribution in [0, 0.1) is 5.82 Å². The van der Waals surface area contributed by atoms with Gasteiger partial charge in [-0.05, 0) is 42.0 Å². The Labute approximate surface area is 171 Å². The number of phenols is 1. The van der Waals surface area contributed by atoms with E-state index >= 15 is 0 Å². The molecular weight excluding hydrogens is 409 g/mol. The van der Waals surface area contributed by atoms with Gasteiger partial charge >= 0.3 is 0 Å². The molecule has 0 unspecified atom stereocenters. The van der Waals surface area contributed by atoms with Crippen LogP contribution in [0.25, 0.3) is 22.2 Å². The molecule has 152 valence electrons. The van der Waals surface area contributed by atoms with E-state index in [2.05, 4.69) is 14.7 Å². The summed E-state index contributed by atoms with van der Waals surface area (Å²) < 4.78 is 39.5. The maximum absolute atomic E-state index is 14.1. The second-order valence-corrected chi connectivity index (χ2v) is 8.52. The van der Waals surface area contributed by atoms with E-state index in [0.29, 0.717) is 27.8 Å². The van der Waals surface area contributed by atoms with Crippen molar-refractivity contribution in [2.24, 2.45) is 0 Å². The van der Waals surface area contributed by atoms with Crippen molar-refractivity contribution in [2.45, 2.75) is 0 Å². The van der Waals surface area contributed by atoms with Gasteiger partial charge in [0.2, 0.25) is 10.0 Å². The minimum absolute atomic E-state index is 0.203. The number of aromatic nitrogens is 2. The summed E-state index contributed by atoms with van der Waals surface area (Å²) in [6, 6.07) is 11.7. The second-order valence-electron chi connectivity index (χ2n) is 6.77. The van der Waals surface area contributed by atoms with Crippen molar-refractivity contribution >= 4 is 32.5 Å². The van der Waals surface area contributed by atoms with Crippen molar-refractivity contribution in [1.29, 1.82) is 0 Å². The van der Waals surface area contributed by atoms with Crippen LogP contribution >= 0.6 is 0 Å². The monoisotopic (exact) mass is 425 g/mol. The minimum Gasteiger partial charge on any atom is -0.508 e. The van der Waals surface area contributed by atoms with E-state index in [9.17, 15) is 22.7 Å². The molecule has 4 aromatic rings. The van der Waals surface area contributed by atoms with Gasteiger partial charge in [0.15, 0.2) is 5.78 Å². The first-order chi connectivity index (χ1) is 14.2. The van der Waals surface area contributed by atoms with Gasteiger partial charge in [-0.25, -0.2) is 17.8 Å². The Morgan fingerprint density at radius 1 is 1.10 bits per heavy atom. The van der Waals surface area contributed by atoms with Gasteiger partial charge < -0.3 is 10.1 Å². The Balaban J connectivity index is 1.78. The highest BCUT2D eigenvalue weighted by atomic mass is 32.2. The maximum atomic E-state index is 14.1. The average Bonchev–Trinajstić information content (AvgIpc) is 3.11. The highest BCUT2D eigenvalue weighted by molar-refractivity contribution is 7.92. The molecule has 0 spiro atoms. The Kier molecular flexibility index (Phi) is 4.75. The van der Waals surface area contributed by atoms with Crippen LogP contribution in [0.5, 0.6) is 5.75 Å². The van der Waals surface area contributed by atoms with E-state index in [1.165, 1.54) is 12.3 Å². The van der Waals surface area contributed by atoms with E-state index in [-0.39, 0.29) is 16.9 Å². The number of nitrogens with one attached hydrogen (secondary N) is 2. The number of anilines is 1. The topological polar surface area (TPSA) is 112 Å². The quantitative estimate of drug-likeness (QED) is 0.422. The van der Waals surface area contributed by atoms with Gasteiger partial charge in [0, 0.05) is 34.6 Å². The Morgan fingerprint density at radius 3 is 2.67 bits per heavy atom. The van der Waals surface area contributed by atoms with Gasteiger partial charge in [-0.15, -0.1) is 0 Å². The third-order valence-corrected chi connectivity index (χ3v) is 5.08. The van der Waals surface area contributed by atoms with Crippen molar-refractivity contribution in [3.63, 3.8) is 0 Å². The molecule has 0 amide bonds. The van der Waals surface area contributed by atoms with E-state index in [4.69, 9.17) is 0 Å². The number of pyridine rings is 1. The summed E-state index contributed by atoms with van der Waals surface area (Å²) in [5.74, 6) is -1.55. The lowest BCUT2D eigenvalue weighted by Gasteiger charge is -2.07. The lowest BCUT2D eigenvalue weighted by atomic mass is 10.0. The van der Waals surface area contributed by atoms with Crippen LogP contribution < -0.4 is 4.72 Å². The molecule has 0 saturated heterocycles. The molecule has 4 rings (SSSR count). The fourth-order valence-electron chi connectivity index (χ4n) is 3.16. The number of halogens is 1.